The number of para-hydroxylation sites is 2. The molecule has 5 heteroatoms. The summed E-state index contributed by atoms with van der Waals surface area (Å²) in [6, 6.07) is 14.1. The molecule has 2 aromatic carbocycles. The molecule has 0 saturated carbocycles. The highest BCUT2D eigenvalue weighted by Crippen LogP contribution is 2.29. The summed E-state index contributed by atoms with van der Waals surface area (Å²) in [5.74, 6) is -0.648. The van der Waals surface area contributed by atoms with Crippen molar-refractivity contribution in [3.05, 3.63) is 77.4 Å². The molecule has 3 rings (SSSR count). The fourth-order valence-electron chi connectivity index (χ4n) is 2.93. The van der Waals surface area contributed by atoms with Crippen LogP contribution in [0.25, 0.3) is 5.69 Å². The van der Waals surface area contributed by atoms with E-state index in [1.165, 1.54) is 16.9 Å². The van der Waals surface area contributed by atoms with Gasteiger partial charge >= 0.3 is 0 Å². The number of amides is 1. The van der Waals surface area contributed by atoms with E-state index in [-0.39, 0.29) is 17.1 Å². The van der Waals surface area contributed by atoms with Crippen molar-refractivity contribution in [1.82, 2.24) is 9.78 Å². The Labute approximate surface area is 152 Å². The van der Waals surface area contributed by atoms with Crippen LogP contribution in [0.3, 0.4) is 0 Å². The van der Waals surface area contributed by atoms with Gasteiger partial charge in [0.1, 0.15) is 11.5 Å². The third kappa shape index (κ3) is 3.38. The van der Waals surface area contributed by atoms with E-state index in [9.17, 15) is 9.18 Å². The van der Waals surface area contributed by atoms with Crippen LogP contribution in [0.1, 0.15) is 42.4 Å². The number of benzene rings is 2. The van der Waals surface area contributed by atoms with Gasteiger partial charge in [-0.25, -0.2) is 9.07 Å². The van der Waals surface area contributed by atoms with Crippen molar-refractivity contribution in [2.45, 2.75) is 33.1 Å². The summed E-state index contributed by atoms with van der Waals surface area (Å²) >= 11 is 0. The Balaban J connectivity index is 1.93. The number of nitrogens with zero attached hydrogens (tertiary/aromatic N) is 2. The van der Waals surface area contributed by atoms with Crippen molar-refractivity contribution < 1.29 is 9.18 Å². The highest BCUT2D eigenvalue weighted by molar-refractivity contribution is 6.05. The van der Waals surface area contributed by atoms with Crippen LogP contribution in [0.5, 0.6) is 0 Å². The first-order valence-corrected chi connectivity index (χ1v) is 8.49. The predicted molar refractivity (Wildman–Crippen MR) is 101 cm³/mol. The fraction of sp³-hybridized carbons (Fsp3) is 0.238. The van der Waals surface area contributed by atoms with Crippen LogP contribution in [0.4, 0.5) is 10.1 Å². The molecule has 0 fully saturated rings. The lowest BCUT2D eigenvalue weighted by Gasteiger charge is -2.23. The van der Waals surface area contributed by atoms with Crippen LogP contribution >= 0.6 is 0 Å². The van der Waals surface area contributed by atoms with Crippen LogP contribution < -0.4 is 5.32 Å². The van der Waals surface area contributed by atoms with Gasteiger partial charge in [0.15, 0.2) is 0 Å². The molecule has 3 aromatic rings. The third-order valence-electron chi connectivity index (χ3n) is 4.32. The Bertz CT molecular complexity index is 954. The van der Waals surface area contributed by atoms with Crippen molar-refractivity contribution in [2.24, 2.45) is 0 Å². The van der Waals surface area contributed by atoms with Crippen molar-refractivity contribution in [2.75, 3.05) is 5.32 Å². The van der Waals surface area contributed by atoms with E-state index in [4.69, 9.17) is 0 Å². The Morgan fingerprint density at radius 2 is 1.73 bits per heavy atom. The Kier molecular flexibility index (Phi) is 4.64. The van der Waals surface area contributed by atoms with Gasteiger partial charge in [0.05, 0.1) is 17.5 Å². The minimum atomic E-state index is -0.385. The summed E-state index contributed by atoms with van der Waals surface area (Å²) in [5, 5.41) is 7.16. The monoisotopic (exact) mass is 351 g/mol. The molecule has 0 atom stereocenters. The summed E-state index contributed by atoms with van der Waals surface area (Å²) in [6.07, 6.45) is 1.47. The van der Waals surface area contributed by atoms with Gasteiger partial charge in [-0.15, -0.1) is 0 Å². The molecule has 0 bridgehead atoms. The summed E-state index contributed by atoms with van der Waals surface area (Å²) < 4.78 is 15.5. The number of nitrogens with one attached hydrogen (secondary N) is 1. The molecule has 1 heterocycles. The average Bonchev–Trinajstić information content (AvgIpc) is 2.96. The van der Waals surface area contributed by atoms with Crippen molar-refractivity contribution >= 4 is 11.6 Å². The topological polar surface area (TPSA) is 46.9 Å². The van der Waals surface area contributed by atoms with E-state index in [1.54, 1.807) is 25.1 Å². The quantitative estimate of drug-likeness (QED) is 0.732. The first-order chi connectivity index (χ1) is 12.3. The van der Waals surface area contributed by atoms with Crippen LogP contribution in [0.2, 0.25) is 0 Å². The number of carbonyl (C=O) groups is 1. The molecule has 1 N–H and O–H groups in total. The number of carbonyl (C=O) groups excluding carboxylic acids is 1. The smallest absolute Gasteiger partial charge is 0.259 e. The van der Waals surface area contributed by atoms with Crippen molar-refractivity contribution in [3.63, 3.8) is 0 Å². The minimum Gasteiger partial charge on any atom is -0.322 e. The summed E-state index contributed by atoms with van der Waals surface area (Å²) in [7, 11) is 0. The van der Waals surface area contributed by atoms with Crippen molar-refractivity contribution in [1.29, 1.82) is 0 Å². The zero-order chi connectivity index (χ0) is 18.9. The summed E-state index contributed by atoms with van der Waals surface area (Å²) in [6.45, 7) is 8.04. The van der Waals surface area contributed by atoms with Crippen LogP contribution in [-0.2, 0) is 5.41 Å². The first kappa shape index (κ1) is 17.9. The van der Waals surface area contributed by atoms with E-state index < -0.39 is 0 Å². The van der Waals surface area contributed by atoms with Gasteiger partial charge in [0.25, 0.3) is 5.91 Å². The molecule has 0 aliphatic rings. The van der Waals surface area contributed by atoms with Crippen LogP contribution in [0.15, 0.2) is 54.7 Å². The third-order valence-corrected chi connectivity index (χ3v) is 4.32. The maximum absolute atomic E-state index is 14.0. The molecule has 26 heavy (non-hydrogen) atoms. The Morgan fingerprint density at radius 1 is 1.08 bits per heavy atom. The van der Waals surface area contributed by atoms with E-state index in [1.807, 2.05) is 24.3 Å². The van der Waals surface area contributed by atoms with Gasteiger partial charge in [-0.1, -0.05) is 51.1 Å². The zero-order valence-corrected chi connectivity index (χ0v) is 15.4. The van der Waals surface area contributed by atoms with E-state index in [0.29, 0.717) is 16.9 Å². The molecule has 4 nitrogen and oxygen atoms in total. The van der Waals surface area contributed by atoms with Gasteiger partial charge in [-0.2, -0.15) is 5.10 Å². The van der Waals surface area contributed by atoms with Gasteiger partial charge in [-0.05, 0) is 36.1 Å². The number of anilines is 1. The molecule has 0 aliphatic heterocycles. The average molecular weight is 351 g/mol. The second-order valence-electron chi connectivity index (χ2n) is 7.26. The molecule has 0 spiro atoms. The SMILES string of the molecule is Cc1c(C(=O)Nc2ccccc2C(C)(C)C)cnn1-c1ccccc1F. The van der Waals surface area contributed by atoms with Gasteiger partial charge < -0.3 is 5.32 Å². The molecule has 0 saturated heterocycles. The number of rotatable bonds is 3. The molecule has 1 amide bonds. The highest BCUT2D eigenvalue weighted by atomic mass is 19.1. The largest absolute Gasteiger partial charge is 0.322 e. The minimum absolute atomic E-state index is 0.101. The Hall–Kier alpha value is -2.95. The van der Waals surface area contributed by atoms with Gasteiger partial charge in [0, 0.05) is 5.69 Å². The number of hydrogen-bond donors (Lipinski definition) is 1. The number of aromatic nitrogens is 2. The van der Waals surface area contributed by atoms with Gasteiger partial charge in [-0.3, -0.25) is 4.79 Å². The van der Waals surface area contributed by atoms with E-state index in [2.05, 4.69) is 31.2 Å². The van der Waals surface area contributed by atoms with Crippen LogP contribution in [0, 0.1) is 12.7 Å². The van der Waals surface area contributed by atoms with E-state index in [0.717, 1.165) is 11.3 Å². The first-order valence-electron chi connectivity index (χ1n) is 8.49. The fourth-order valence-corrected chi connectivity index (χ4v) is 2.93. The highest BCUT2D eigenvalue weighted by Gasteiger charge is 2.21. The standard InChI is InChI=1S/C21H22FN3O/c1-14-15(13-23-25(14)19-12-8-6-10-17(19)22)20(26)24-18-11-7-5-9-16(18)21(2,3)4/h5-13H,1-4H3,(H,24,26). The molecule has 0 unspecified atom stereocenters. The lowest BCUT2D eigenvalue weighted by molar-refractivity contribution is 0.102. The molecular formula is C21H22FN3O. The van der Waals surface area contributed by atoms with Gasteiger partial charge in [0.2, 0.25) is 0 Å². The molecule has 1 aromatic heterocycles. The summed E-state index contributed by atoms with van der Waals surface area (Å²) in [5.41, 5.74) is 3.03. The molecule has 0 radical (unpaired) electrons. The Morgan fingerprint density at radius 3 is 2.42 bits per heavy atom. The maximum Gasteiger partial charge on any atom is 0.259 e. The predicted octanol–water partition coefficient (Wildman–Crippen LogP) is 4.87. The normalized spacial score (nSPS) is 11.4. The molecule has 0 aliphatic carbocycles. The van der Waals surface area contributed by atoms with Crippen LogP contribution in [-0.4, -0.2) is 15.7 Å². The summed E-state index contributed by atoms with van der Waals surface area (Å²) in [4.78, 5) is 12.8. The second-order valence-corrected chi connectivity index (χ2v) is 7.26. The van der Waals surface area contributed by atoms with E-state index >= 15 is 0 Å². The number of halogens is 1. The maximum atomic E-state index is 14.0. The zero-order valence-electron chi connectivity index (χ0n) is 15.4. The molecular weight excluding hydrogens is 329 g/mol. The second kappa shape index (κ2) is 6.75. The van der Waals surface area contributed by atoms with Crippen molar-refractivity contribution in [3.8, 4) is 5.69 Å². The number of hydrogen-bond acceptors (Lipinski definition) is 2. The lowest BCUT2D eigenvalue weighted by atomic mass is 9.86. The molecule has 134 valence electrons. The lowest BCUT2D eigenvalue weighted by Crippen LogP contribution is -2.19.